The van der Waals surface area contributed by atoms with E-state index in [1.807, 2.05) is 44.2 Å². The number of benzene rings is 1. The van der Waals surface area contributed by atoms with Crippen LogP contribution >= 0.6 is 15.9 Å². The number of nitrogens with zero attached hydrogens (tertiary/aromatic N) is 1. The van der Waals surface area contributed by atoms with Crippen molar-refractivity contribution < 1.29 is 4.79 Å². The van der Waals surface area contributed by atoms with Crippen LogP contribution in [0.15, 0.2) is 41.0 Å². The van der Waals surface area contributed by atoms with Crippen molar-refractivity contribution in [1.82, 2.24) is 10.3 Å². The van der Waals surface area contributed by atoms with Gasteiger partial charge in [0.1, 0.15) is 0 Å². The number of hydrogen-bond donors (Lipinski definition) is 1. The second-order valence-electron chi connectivity index (χ2n) is 4.41. The first kappa shape index (κ1) is 13.7. The van der Waals surface area contributed by atoms with Gasteiger partial charge in [-0.15, -0.1) is 0 Å². The van der Waals surface area contributed by atoms with Gasteiger partial charge in [0, 0.05) is 16.2 Å². The van der Waals surface area contributed by atoms with E-state index in [0.29, 0.717) is 12.1 Å². The Hall–Kier alpha value is -1.68. The van der Waals surface area contributed by atoms with Crippen molar-refractivity contribution in [1.29, 1.82) is 0 Å². The minimum absolute atomic E-state index is 0.0919. The van der Waals surface area contributed by atoms with Crippen LogP contribution in [0.5, 0.6) is 0 Å². The molecule has 1 aromatic heterocycles. The first-order valence-electron chi connectivity index (χ1n) is 6.03. The number of halogens is 1. The van der Waals surface area contributed by atoms with Crippen molar-refractivity contribution >= 4 is 21.8 Å². The number of rotatable bonds is 3. The second-order valence-corrected chi connectivity index (χ2v) is 5.27. The van der Waals surface area contributed by atoms with Crippen LogP contribution in [0.4, 0.5) is 0 Å². The van der Waals surface area contributed by atoms with Gasteiger partial charge in [-0.2, -0.15) is 0 Å². The highest BCUT2D eigenvalue weighted by Gasteiger charge is 2.08. The number of carbonyl (C=O) groups excluding carboxylic acids is 1. The molecule has 1 aromatic carbocycles. The van der Waals surface area contributed by atoms with E-state index >= 15 is 0 Å². The number of hydrogen-bond acceptors (Lipinski definition) is 2. The maximum Gasteiger partial charge on any atom is 0.251 e. The zero-order chi connectivity index (χ0) is 13.8. The van der Waals surface area contributed by atoms with Gasteiger partial charge in [-0.3, -0.25) is 9.78 Å². The van der Waals surface area contributed by atoms with Crippen LogP contribution in [0.25, 0.3) is 0 Å². The summed E-state index contributed by atoms with van der Waals surface area (Å²) in [6.07, 6.45) is 1.73. The Balaban J connectivity index is 2.05. The molecule has 0 saturated carbocycles. The molecule has 2 rings (SSSR count). The number of aromatic nitrogens is 1. The van der Waals surface area contributed by atoms with Gasteiger partial charge in [-0.1, -0.05) is 28.1 Å². The summed E-state index contributed by atoms with van der Waals surface area (Å²) < 4.78 is 0.939. The molecule has 0 atom stereocenters. The molecule has 1 N–H and O–H groups in total. The predicted molar refractivity (Wildman–Crippen MR) is 79.0 cm³/mol. The largest absolute Gasteiger partial charge is 0.346 e. The highest BCUT2D eigenvalue weighted by atomic mass is 79.9. The summed E-state index contributed by atoms with van der Waals surface area (Å²) in [5, 5.41) is 2.88. The molecule has 0 aliphatic rings. The highest BCUT2D eigenvalue weighted by Crippen LogP contribution is 2.17. The van der Waals surface area contributed by atoms with Crippen molar-refractivity contribution in [3.05, 3.63) is 63.4 Å². The summed E-state index contributed by atoms with van der Waals surface area (Å²) >= 11 is 3.43. The Morgan fingerprint density at radius 2 is 2.05 bits per heavy atom. The summed E-state index contributed by atoms with van der Waals surface area (Å²) in [4.78, 5) is 16.3. The van der Waals surface area contributed by atoms with Crippen LogP contribution in [0.2, 0.25) is 0 Å². The van der Waals surface area contributed by atoms with Crippen molar-refractivity contribution in [2.75, 3.05) is 0 Å². The number of carbonyl (C=O) groups is 1. The van der Waals surface area contributed by atoms with Crippen molar-refractivity contribution in [3.63, 3.8) is 0 Å². The molecule has 4 heteroatoms. The Kier molecular flexibility index (Phi) is 4.32. The van der Waals surface area contributed by atoms with E-state index in [9.17, 15) is 4.79 Å². The monoisotopic (exact) mass is 318 g/mol. The van der Waals surface area contributed by atoms with E-state index in [1.165, 1.54) is 0 Å². The standard InChI is InChI=1S/C15H15BrN2O/c1-10-5-6-12(8-13(10)16)15(19)18-9-14-11(2)4-3-7-17-14/h3-8H,9H2,1-2H3,(H,18,19). The Bertz CT molecular complexity index is 611. The summed E-state index contributed by atoms with van der Waals surface area (Å²) in [6.45, 7) is 4.41. The molecule has 0 aliphatic carbocycles. The van der Waals surface area contributed by atoms with Crippen molar-refractivity contribution in [2.45, 2.75) is 20.4 Å². The average Bonchev–Trinajstić information content (AvgIpc) is 2.40. The van der Waals surface area contributed by atoms with E-state index in [2.05, 4.69) is 26.2 Å². The zero-order valence-corrected chi connectivity index (χ0v) is 12.5. The molecule has 19 heavy (non-hydrogen) atoms. The molecule has 1 amide bonds. The SMILES string of the molecule is Cc1ccc(C(=O)NCc2ncccc2C)cc1Br. The molecule has 0 unspecified atom stereocenters. The van der Waals surface area contributed by atoms with E-state index in [-0.39, 0.29) is 5.91 Å². The van der Waals surface area contributed by atoms with Gasteiger partial charge in [0.05, 0.1) is 12.2 Å². The van der Waals surface area contributed by atoms with Crippen LogP contribution in [0.3, 0.4) is 0 Å². The normalized spacial score (nSPS) is 10.3. The van der Waals surface area contributed by atoms with Crippen LogP contribution in [0, 0.1) is 13.8 Å². The highest BCUT2D eigenvalue weighted by molar-refractivity contribution is 9.10. The van der Waals surface area contributed by atoms with Gasteiger partial charge < -0.3 is 5.32 Å². The predicted octanol–water partition coefficient (Wildman–Crippen LogP) is 3.39. The fourth-order valence-electron chi connectivity index (χ4n) is 1.70. The van der Waals surface area contributed by atoms with Gasteiger partial charge in [0.2, 0.25) is 0 Å². The van der Waals surface area contributed by atoms with Crippen molar-refractivity contribution in [3.8, 4) is 0 Å². The molecular formula is C15H15BrN2O. The molecule has 98 valence electrons. The average molecular weight is 319 g/mol. The third-order valence-electron chi connectivity index (χ3n) is 2.97. The van der Waals surface area contributed by atoms with Crippen molar-refractivity contribution in [2.24, 2.45) is 0 Å². The maximum atomic E-state index is 12.0. The Morgan fingerprint density at radius 3 is 2.74 bits per heavy atom. The fraction of sp³-hybridized carbons (Fsp3) is 0.200. The summed E-state index contributed by atoms with van der Waals surface area (Å²) in [5.74, 6) is -0.0919. The minimum atomic E-state index is -0.0919. The topological polar surface area (TPSA) is 42.0 Å². The quantitative estimate of drug-likeness (QED) is 0.942. The van der Waals surface area contributed by atoms with Gasteiger partial charge in [-0.05, 0) is 43.2 Å². The zero-order valence-electron chi connectivity index (χ0n) is 10.9. The minimum Gasteiger partial charge on any atom is -0.346 e. The van der Waals surface area contributed by atoms with Gasteiger partial charge in [0.15, 0.2) is 0 Å². The number of pyridine rings is 1. The van der Waals surface area contributed by atoms with Crippen LogP contribution < -0.4 is 5.32 Å². The summed E-state index contributed by atoms with van der Waals surface area (Å²) in [7, 11) is 0. The first-order chi connectivity index (χ1) is 9.08. The lowest BCUT2D eigenvalue weighted by molar-refractivity contribution is 0.0950. The summed E-state index contributed by atoms with van der Waals surface area (Å²) in [6, 6.07) is 9.44. The van der Waals surface area contributed by atoms with Crippen LogP contribution in [0.1, 0.15) is 27.2 Å². The number of aryl methyl sites for hydroxylation is 2. The molecule has 0 aliphatic heterocycles. The number of nitrogens with one attached hydrogen (secondary N) is 1. The number of amides is 1. The van der Waals surface area contributed by atoms with E-state index in [1.54, 1.807) is 6.20 Å². The molecule has 0 radical (unpaired) electrons. The van der Waals surface area contributed by atoms with Gasteiger partial charge >= 0.3 is 0 Å². The lowest BCUT2D eigenvalue weighted by atomic mass is 10.1. The van der Waals surface area contributed by atoms with Crippen LogP contribution in [-0.4, -0.2) is 10.9 Å². The molecule has 0 saturated heterocycles. The molecule has 1 heterocycles. The fourth-order valence-corrected chi connectivity index (χ4v) is 2.08. The summed E-state index contributed by atoms with van der Waals surface area (Å²) in [5.41, 5.74) is 3.72. The van der Waals surface area contributed by atoms with E-state index in [4.69, 9.17) is 0 Å². The molecule has 2 aromatic rings. The molecule has 0 bridgehead atoms. The maximum absolute atomic E-state index is 12.0. The van der Waals surface area contributed by atoms with Gasteiger partial charge in [0.25, 0.3) is 5.91 Å². The molecule has 3 nitrogen and oxygen atoms in total. The van der Waals surface area contributed by atoms with E-state index in [0.717, 1.165) is 21.3 Å². The van der Waals surface area contributed by atoms with Gasteiger partial charge in [-0.25, -0.2) is 0 Å². The third kappa shape index (κ3) is 3.41. The van der Waals surface area contributed by atoms with Crippen LogP contribution in [-0.2, 0) is 6.54 Å². The lowest BCUT2D eigenvalue weighted by Crippen LogP contribution is -2.23. The molecule has 0 fully saturated rings. The third-order valence-corrected chi connectivity index (χ3v) is 3.82. The first-order valence-corrected chi connectivity index (χ1v) is 6.82. The Morgan fingerprint density at radius 1 is 1.26 bits per heavy atom. The molecular weight excluding hydrogens is 304 g/mol. The Labute approximate surface area is 121 Å². The molecule has 0 spiro atoms. The smallest absolute Gasteiger partial charge is 0.251 e. The second kappa shape index (κ2) is 5.97. The lowest BCUT2D eigenvalue weighted by Gasteiger charge is -2.08. The van der Waals surface area contributed by atoms with E-state index < -0.39 is 0 Å².